The summed E-state index contributed by atoms with van der Waals surface area (Å²) >= 11 is 0. The molecule has 0 saturated carbocycles. The average Bonchev–Trinajstić information content (AvgIpc) is 3.03. The van der Waals surface area contributed by atoms with Gasteiger partial charge in [-0.15, -0.1) is 0 Å². The maximum atomic E-state index is 6.77. The largest absolute Gasteiger partial charge is 0.400 e. The van der Waals surface area contributed by atoms with E-state index in [-0.39, 0.29) is 18.5 Å². The van der Waals surface area contributed by atoms with Crippen molar-refractivity contribution in [2.24, 2.45) is 5.73 Å². The van der Waals surface area contributed by atoms with Crippen molar-refractivity contribution in [3.8, 4) is 0 Å². The van der Waals surface area contributed by atoms with Crippen LogP contribution in [0.3, 0.4) is 0 Å². The summed E-state index contributed by atoms with van der Waals surface area (Å²) in [7, 11) is 0. The monoisotopic (exact) mass is 551 g/mol. The lowest BCUT2D eigenvalue weighted by atomic mass is 10.00. The highest BCUT2D eigenvalue weighted by atomic mass is 15.4. The Bertz CT molecular complexity index is 1750. The molecule has 1 fully saturated rings. The van der Waals surface area contributed by atoms with Gasteiger partial charge >= 0.3 is 0 Å². The number of allylic oxidation sites excluding steroid dienone is 4. The van der Waals surface area contributed by atoms with E-state index in [1.54, 1.807) is 0 Å². The smallest absolute Gasteiger partial charge is 0.101 e. The van der Waals surface area contributed by atoms with E-state index in [1.165, 1.54) is 21.5 Å². The summed E-state index contributed by atoms with van der Waals surface area (Å²) in [5, 5.41) is 16.0. The number of nitrogens with two attached hydrogens (primary N) is 2. The maximum Gasteiger partial charge on any atom is 0.101 e. The van der Waals surface area contributed by atoms with Crippen LogP contribution in [0.5, 0.6) is 0 Å². The van der Waals surface area contributed by atoms with Crippen LogP contribution in [-0.2, 0) is 0 Å². The molecular formula is C37H37N5. The molecule has 0 bridgehead atoms. The van der Waals surface area contributed by atoms with E-state index in [2.05, 4.69) is 108 Å². The van der Waals surface area contributed by atoms with Crippen LogP contribution in [0, 0.1) is 0 Å². The zero-order valence-electron chi connectivity index (χ0n) is 24.0. The molecule has 5 aromatic carbocycles. The van der Waals surface area contributed by atoms with Gasteiger partial charge in [0.2, 0.25) is 0 Å². The third-order valence-electron chi connectivity index (χ3n) is 7.98. The van der Waals surface area contributed by atoms with Crippen LogP contribution in [0.25, 0.3) is 33.2 Å². The molecule has 7 N–H and O–H groups in total. The number of fused-ring (bicyclic) bond motifs is 2. The molecule has 210 valence electrons. The van der Waals surface area contributed by atoms with Crippen molar-refractivity contribution in [3.63, 3.8) is 0 Å². The standard InChI is InChI=1S/C37H37N5/c1-3-9-27-14-8-15-32(34(27)39)24(2)16-21-33(38)37-41-35(30-19-17-25-10-4-6-12-28(25)22-30)40-36(42-37)31-20-18-26-11-5-7-13-29(26)23-31/h3-23,35-37,40-42H,38-39H2,1-2H3/b9-3-,24-16+,33-21-. The number of nitrogens with one attached hydrogen (secondary N) is 3. The van der Waals surface area contributed by atoms with Gasteiger partial charge in [-0.2, -0.15) is 0 Å². The van der Waals surface area contributed by atoms with Gasteiger partial charge in [-0.25, -0.2) is 0 Å². The first kappa shape index (κ1) is 27.5. The van der Waals surface area contributed by atoms with Gasteiger partial charge in [0.25, 0.3) is 0 Å². The van der Waals surface area contributed by atoms with Crippen molar-refractivity contribution >= 4 is 38.9 Å². The van der Waals surface area contributed by atoms with Crippen molar-refractivity contribution in [2.45, 2.75) is 32.3 Å². The van der Waals surface area contributed by atoms with Crippen molar-refractivity contribution in [1.82, 2.24) is 16.0 Å². The van der Waals surface area contributed by atoms with Crippen LogP contribution in [0.1, 0.15) is 48.4 Å². The molecule has 1 saturated heterocycles. The number of hydrogen-bond acceptors (Lipinski definition) is 5. The lowest BCUT2D eigenvalue weighted by Crippen LogP contribution is -2.60. The van der Waals surface area contributed by atoms with Gasteiger partial charge in [0.15, 0.2) is 0 Å². The molecule has 2 atom stereocenters. The van der Waals surface area contributed by atoms with E-state index in [0.29, 0.717) is 5.70 Å². The van der Waals surface area contributed by atoms with Gasteiger partial charge in [-0.1, -0.05) is 109 Å². The summed E-state index contributed by atoms with van der Waals surface area (Å²) in [6.45, 7) is 4.06. The van der Waals surface area contributed by atoms with Crippen molar-refractivity contribution in [1.29, 1.82) is 0 Å². The van der Waals surface area contributed by atoms with Gasteiger partial charge in [0, 0.05) is 16.9 Å². The summed E-state index contributed by atoms with van der Waals surface area (Å²) < 4.78 is 0. The van der Waals surface area contributed by atoms with Gasteiger partial charge in [0.05, 0.1) is 12.3 Å². The number of para-hydroxylation sites is 1. The van der Waals surface area contributed by atoms with E-state index in [4.69, 9.17) is 11.5 Å². The van der Waals surface area contributed by atoms with Crippen molar-refractivity contribution in [3.05, 3.63) is 149 Å². The van der Waals surface area contributed by atoms with Crippen molar-refractivity contribution < 1.29 is 0 Å². The van der Waals surface area contributed by atoms with Crippen LogP contribution < -0.4 is 27.4 Å². The predicted octanol–water partition coefficient (Wildman–Crippen LogP) is 7.36. The fourth-order valence-corrected chi connectivity index (χ4v) is 5.66. The molecule has 0 aliphatic carbocycles. The van der Waals surface area contributed by atoms with E-state index in [1.807, 2.05) is 49.4 Å². The molecule has 42 heavy (non-hydrogen) atoms. The van der Waals surface area contributed by atoms with Crippen molar-refractivity contribution in [2.75, 3.05) is 5.73 Å². The SMILES string of the molecule is C/C=C\c1cccc(/C(C)=C/C=C(\N)C2NC(c3ccc4ccccc4c3)NC(c3ccc4ccccc4c3)N2)c1N. The summed E-state index contributed by atoms with van der Waals surface area (Å²) in [5.74, 6) is 0. The molecule has 2 unspecified atom stereocenters. The lowest BCUT2D eigenvalue weighted by molar-refractivity contribution is 0.221. The Morgan fingerprint density at radius 2 is 1.24 bits per heavy atom. The number of rotatable bonds is 6. The Balaban J connectivity index is 1.33. The number of benzene rings is 5. The lowest BCUT2D eigenvalue weighted by Gasteiger charge is -2.39. The van der Waals surface area contributed by atoms with Gasteiger partial charge in [-0.05, 0) is 75.9 Å². The third-order valence-corrected chi connectivity index (χ3v) is 7.98. The highest BCUT2D eigenvalue weighted by Gasteiger charge is 2.30. The first-order chi connectivity index (χ1) is 20.5. The molecular weight excluding hydrogens is 514 g/mol. The molecule has 1 heterocycles. The normalized spacial score (nSPS) is 20.0. The molecule has 1 aliphatic rings. The zero-order chi connectivity index (χ0) is 29.1. The van der Waals surface area contributed by atoms with E-state index in [9.17, 15) is 0 Å². The first-order valence-electron chi connectivity index (χ1n) is 14.4. The van der Waals surface area contributed by atoms with Gasteiger partial charge < -0.3 is 11.5 Å². The molecule has 5 aromatic rings. The van der Waals surface area contributed by atoms with E-state index in [0.717, 1.165) is 33.5 Å². The minimum Gasteiger partial charge on any atom is -0.400 e. The molecule has 5 nitrogen and oxygen atoms in total. The Morgan fingerprint density at radius 1 is 0.667 bits per heavy atom. The molecule has 5 heteroatoms. The first-order valence-corrected chi connectivity index (χ1v) is 14.4. The van der Waals surface area contributed by atoms with E-state index >= 15 is 0 Å². The van der Waals surface area contributed by atoms with Crippen LogP contribution in [0.2, 0.25) is 0 Å². The third kappa shape index (κ3) is 5.71. The summed E-state index contributed by atoms with van der Waals surface area (Å²) in [6, 6.07) is 36.2. The average molecular weight is 552 g/mol. The molecule has 6 rings (SSSR count). The van der Waals surface area contributed by atoms with Gasteiger partial charge in [0.1, 0.15) is 6.17 Å². The van der Waals surface area contributed by atoms with Gasteiger partial charge in [-0.3, -0.25) is 16.0 Å². The fourth-order valence-electron chi connectivity index (χ4n) is 5.66. The quantitative estimate of drug-likeness (QED) is 0.112. The number of anilines is 1. The predicted molar refractivity (Wildman–Crippen MR) is 178 cm³/mol. The Labute approximate surface area is 247 Å². The maximum absolute atomic E-state index is 6.77. The van der Waals surface area contributed by atoms with Crippen LogP contribution in [0.4, 0.5) is 5.69 Å². The van der Waals surface area contributed by atoms with Crippen LogP contribution in [-0.4, -0.2) is 6.17 Å². The second-order valence-electron chi connectivity index (χ2n) is 10.8. The van der Waals surface area contributed by atoms with E-state index < -0.39 is 0 Å². The second-order valence-corrected chi connectivity index (χ2v) is 10.8. The Hall–Kier alpha value is -4.68. The summed E-state index contributed by atoms with van der Waals surface area (Å²) in [4.78, 5) is 0. The topological polar surface area (TPSA) is 88.1 Å². The van der Waals surface area contributed by atoms with Crippen LogP contribution in [0.15, 0.2) is 127 Å². The number of hydrogen-bond donors (Lipinski definition) is 5. The number of nitrogen functional groups attached to an aromatic ring is 1. The fraction of sp³-hybridized carbons (Fsp3) is 0.135. The van der Waals surface area contributed by atoms with Crippen LogP contribution >= 0.6 is 0 Å². The Morgan fingerprint density at radius 3 is 1.81 bits per heavy atom. The zero-order valence-corrected chi connectivity index (χ0v) is 24.0. The molecule has 0 radical (unpaired) electrons. The second kappa shape index (κ2) is 12.0. The molecule has 1 aliphatic heterocycles. The molecule has 0 aromatic heterocycles. The summed E-state index contributed by atoms with van der Waals surface area (Å²) in [5.41, 5.74) is 20.1. The highest BCUT2D eigenvalue weighted by Crippen LogP contribution is 2.28. The Kier molecular flexibility index (Phi) is 7.89. The molecule has 0 spiro atoms. The highest BCUT2D eigenvalue weighted by molar-refractivity contribution is 5.84. The minimum absolute atomic E-state index is 0.123. The minimum atomic E-state index is -0.269. The summed E-state index contributed by atoms with van der Waals surface area (Å²) in [6.07, 6.45) is 7.53. The molecule has 0 amide bonds.